The number of carbonyl (C=O) groups is 1. The number of benzene rings is 1. The van der Waals surface area contributed by atoms with E-state index in [0.29, 0.717) is 11.4 Å². The van der Waals surface area contributed by atoms with Crippen molar-refractivity contribution in [1.82, 2.24) is 34.3 Å². The van der Waals surface area contributed by atoms with Gasteiger partial charge in [0.2, 0.25) is 5.95 Å². The molecule has 3 aromatic heterocycles. The van der Waals surface area contributed by atoms with Crippen LogP contribution in [-0.4, -0.2) is 45.2 Å². The molecule has 1 amide bonds. The topological polar surface area (TPSA) is 139 Å². The van der Waals surface area contributed by atoms with Crippen molar-refractivity contribution >= 4 is 29.1 Å². The number of carbonyl (C=O) groups excluding carboxylic acids is 1. The molecule has 0 saturated heterocycles. The molecule has 14 heteroatoms. The van der Waals surface area contributed by atoms with Gasteiger partial charge in [-0.25, -0.2) is 18.7 Å². The normalized spacial score (nSPS) is 11.0. The van der Waals surface area contributed by atoms with Gasteiger partial charge in [-0.05, 0) is 32.0 Å². The van der Waals surface area contributed by atoms with Crippen molar-refractivity contribution in [2.24, 2.45) is 0 Å². The van der Waals surface area contributed by atoms with Crippen molar-refractivity contribution in [3.8, 4) is 0 Å². The molecule has 0 saturated carbocycles. The average Bonchev–Trinajstić information content (AvgIpc) is 3.45. The van der Waals surface area contributed by atoms with Crippen LogP contribution in [0.3, 0.4) is 0 Å². The molecule has 0 bridgehead atoms. The smallest absolute Gasteiger partial charge is 0.288 e. The van der Waals surface area contributed by atoms with E-state index in [1.54, 1.807) is 26.1 Å². The van der Waals surface area contributed by atoms with Gasteiger partial charge in [-0.15, -0.1) is 5.10 Å². The lowest BCUT2D eigenvalue weighted by Gasteiger charge is -2.05. The van der Waals surface area contributed by atoms with Crippen LogP contribution in [0.4, 0.5) is 16.0 Å². The van der Waals surface area contributed by atoms with Crippen LogP contribution in [0.1, 0.15) is 27.4 Å². The van der Waals surface area contributed by atoms with Crippen molar-refractivity contribution < 1.29 is 14.1 Å². The Hall–Kier alpha value is -4.13. The van der Waals surface area contributed by atoms with Gasteiger partial charge < -0.3 is 0 Å². The second-order valence-corrected chi connectivity index (χ2v) is 7.49. The quantitative estimate of drug-likeness (QED) is 0.321. The summed E-state index contributed by atoms with van der Waals surface area (Å²) in [7, 11) is 0. The molecular formula is C19H17ClFN9O3. The summed E-state index contributed by atoms with van der Waals surface area (Å²) in [6, 6.07) is 5.84. The van der Waals surface area contributed by atoms with Crippen molar-refractivity contribution in [1.29, 1.82) is 0 Å². The molecule has 3 heterocycles. The van der Waals surface area contributed by atoms with Gasteiger partial charge in [0, 0.05) is 16.8 Å². The summed E-state index contributed by atoms with van der Waals surface area (Å²) in [5.41, 5.74) is 0.952. The number of nitrogens with zero attached hydrogens (tertiary/aromatic N) is 8. The summed E-state index contributed by atoms with van der Waals surface area (Å²) in [6.45, 7) is 3.27. The van der Waals surface area contributed by atoms with Gasteiger partial charge in [-0.3, -0.25) is 24.9 Å². The molecule has 170 valence electrons. The van der Waals surface area contributed by atoms with E-state index in [1.807, 2.05) is 0 Å². The third kappa shape index (κ3) is 4.57. The first kappa shape index (κ1) is 22.1. The molecule has 4 rings (SSSR count). The molecule has 33 heavy (non-hydrogen) atoms. The SMILES string of the molecule is Cc1nn(Cn2ccc(C(=O)Nc3ncn(Cc4c(F)cccc4Cl)n3)n2)c(C)c1[N+](=O)[O-]. The Labute approximate surface area is 190 Å². The molecule has 0 aliphatic rings. The van der Waals surface area contributed by atoms with E-state index in [0.717, 1.165) is 0 Å². The van der Waals surface area contributed by atoms with Crippen LogP contribution in [0.5, 0.6) is 0 Å². The standard InChI is InChI=1S/C19H17ClFN9O3/c1-11-17(30(32)33)12(2)29(24-11)10-27-7-6-16(25-27)18(31)23-19-22-9-28(26-19)8-13-14(20)4-3-5-15(13)21/h3-7,9H,8,10H2,1-2H3,(H,23,26,31). The van der Waals surface area contributed by atoms with Gasteiger partial charge in [-0.1, -0.05) is 17.7 Å². The van der Waals surface area contributed by atoms with E-state index in [2.05, 4.69) is 25.6 Å². The number of rotatable bonds is 7. The fraction of sp³-hybridized carbons (Fsp3) is 0.211. The fourth-order valence-corrected chi connectivity index (χ4v) is 3.45. The van der Waals surface area contributed by atoms with Crippen molar-refractivity contribution in [2.75, 3.05) is 5.32 Å². The van der Waals surface area contributed by atoms with E-state index in [4.69, 9.17) is 11.6 Å². The first-order valence-electron chi connectivity index (χ1n) is 9.58. The van der Waals surface area contributed by atoms with Gasteiger partial charge in [-0.2, -0.15) is 10.2 Å². The molecule has 0 spiro atoms. The number of nitrogens with one attached hydrogen (secondary N) is 1. The predicted octanol–water partition coefficient (Wildman–Crippen LogP) is 2.80. The number of halogens is 2. The zero-order valence-corrected chi connectivity index (χ0v) is 18.2. The second-order valence-electron chi connectivity index (χ2n) is 7.08. The van der Waals surface area contributed by atoms with Crippen LogP contribution < -0.4 is 5.32 Å². The largest absolute Gasteiger partial charge is 0.312 e. The first-order chi connectivity index (χ1) is 15.7. The molecule has 4 aromatic rings. The van der Waals surface area contributed by atoms with E-state index in [1.165, 1.54) is 38.6 Å². The lowest BCUT2D eigenvalue weighted by Crippen LogP contribution is -2.16. The van der Waals surface area contributed by atoms with Crippen LogP contribution in [0, 0.1) is 29.8 Å². The maximum Gasteiger partial charge on any atom is 0.312 e. The lowest BCUT2D eigenvalue weighted by molar-refractivity contribution is -0.386. The van der Waals surface area contributed by atoms with Crippen LogP contribution in [0.2, 0.25) is 5.02 Å². The Balaban J connectivity index is 1.43. The number of anilines is 1. The minimum absolute atomic E-state index is 0.0104. The maximum atomic E-state index is 14.0. The van der Waals surface area contributed by atoms with E-state index >= 15 is 0 Å². The molecule has 12 nitrogen and oxygen atoms in total. The van der Waals surface area contributed by atoms with E-state index in [9.17, 15) is 19.3 Å². The molecule has 0 fully saturated rings. The van der Waals surface area contributed by atoms with E-state index < -0.39 is 16.6 Å². The third-order valence-electron chi connectivity index (χ3n) is 4.82. The zero-order valence-electron chi connectivity index (χ0n) is 17.4. The number of amides is 1. The number of aryl methyl sites for hydroxylation is 1. The van der Waals surface area contributed by atoms with Crippen LogP contribution >= 0.6 is 11.6 Å². The van der Waals surface area contributed by atoms with Gasteiger partial charge in [0.05, 0.1) is 11.5 Å². The number of hydrogen-bond donors (Lipinski definition) is 1. The van der Waals surface area contributed by atoms with Crippen molar-refractivity contribution in [3.05, 3.63) is 80.4 Å². The summed E-state index contributed by atoms with van der Waals surface area (Å²) < 4.78 is 18.1. The van der Waals surface area contributed by atoms with Gasteiger partial charge in [0.15, 0.2) is 5.69 Å². The molecule has 1 aromatic carbocycles. The second kappa shape index (κ2) is 8.78. The fourth-order valence-electron chi connectivity index (χ4n) is 3.23. The summed E-state index contributed by atoms with van der Waals surface area (Å²) in [5, 5.41) is 26.3. The minimum Gasteiger partial charge on any atom is -0.288 e. The summed E-state index contributed by atoms with van der Waals surface area (Å²) in [6.07, 6.45) is 2.89. The molecule has 0 atom stereocenters. The van der Waals surface area contributed by atoms with E-state index in [-0.39, 0.29) is 41.1 Å². The Kier molecular flexibility index (Phi) is 5.87. The molecule has 0 radical (unpaired) electrons. The Morgan fingerprint density at radius 1 is 1.21 bits per heavy atom. The van der Waals surface area contributed by atoms with Crippen molar-refractivity contribution in [3.63, 3.8) is 0 Å². The molecule has 0 unspecified atom stereocenters. The number of hydrogen-bond acceptors (Lipinski definition) is 7. The van der Waals surface area contributed by atoms with Crippen LogP contribution in [-0.2, 0) is 13.2 Å². The highest BCUT2D eigenvalue weighted by molar-refractivity contribution is 6.31. The highest BCUT2D eigenvalue weighted by Crippen LogP contribution is 2.22. The van der Waals surface area contributed by atoms with Gasteiger partial charge in [0.1, 0.15) is 30.2 Å². The van der Waals surface area contributed by atoms with Gasteiger partial charge in [0.25, 0.3) is 5.91 Å². The maximum absolute atomic E-state index is 14.0. The Morgan fingerprint density at radius 3 is 2.70 bits per heavy atom. The summed E-state index contributed by atoms with van der Waals surface area (Å²) in [5.74, 6) is -1.02. The Morgan fingerprint density at radius 2 is 2.00 bits per heavy atom. The first-order valence-corrected chi connectivity index (χ1v) is 9.96. The molecule has 0 aliphatic carbocycles. The minimum atomic E-state index is -0.560. The summed E-state index contributed by atoms with van der Waals surface area (Å²) >= 11 is 6.02. The monoisotopic (exact) mass is 473 g/mol. The third-order valence-corrected chi connectivity index (χ3v) is 5.18. The highest BCUT2D eigenvalue weighted by Gasteiger charge is 2.22. The summed E-state index contributed by atoms with van der Waals surface area (Å²) in [4.78, 5) is 27.2. The highest BCUT2D eigenvalue weighted by atomic mass is 35.5. The molecule has 1 N–H and O–H groups in total. The lowest BCUT2D eigenvalue weighted by atomic mass is 10.2. The number of nitro groups is 1. The molecule has 0 aliphatic heterocycles. The predicted molar refractivity (Wildman–Crippen MR) is 114 cm³/mol. The van der Waals surface area contributed by atoms with Crippen molar-refractivity contribution in [2.45, 2.75) is 27.1 Å². The van der Waals surface area contributed by atoms with Crippen LogP contribution in [0.15, 0.2) is 36.8 Å². The number of aromatic nitrogens is 7. The zero-order chi connectivity index (χ0) is 23.7. The van der Waals surface area contributed by atoms with Crippen LogP contribution in [0.25, 0.3) is 0 Å². The Bertz CT molecular complexity index is 1340. The molecular weight excluding hydrogens is 457 g/mol. The van der Waals surface area contributed by atoms with Gasteiger partial charge >= 0.3 is 5.69 Å². The average molecular weight is 474 g/mol.